The largest absolute Gasteiger partial charge is 0.445 e. The van der Waals surface area contributed by atoms with Crippen molar-refractivity contribution in [3.05, 3.63) is 71.0 Å². The van der Waals surface area contributed by atoms with Gasteiger partial charge in [0, 0.05) is 11.5 Å². The van der Waals surface area contributed by atoms with Gasteiger partial charge in [-0.2, -0.15) is 5.26 Å². The molecule has 0 saturated carbocycles. The van der Waals surface area contributed by atoms with Gasteiger partial charge in [-0.1, -0.05) is 36.4 Å². The maximum Gasteiger partial charge on any atom is 0.410 e. The molecule has 2 saturated heterocycles. The first-order valence-corrected chi connectivity index (χ1v) is 9.88. The van der Waals surface area contributed by atoms with Crippen molar-refractivity contribution in [1.29, 1.82) is 5.26 Å². The van der Waals surface area contributed by atoms with Crippen LogP contribution in [-0.2, 0) is 16.1 Å². The zero-order valence-electron chi connectivity index (χ0n) is 16.3. The summed E-state index contributed by atoms with van der Waals surface area (Å²) in [5.41, 5.74) is 0.766. The van der Waals surface area contributed by atoms with E-state index in [0.717, 1.165) is 5.56 Å². The molecule has 0 aromatic heterocycles. The molecule has 154 valence electrons. The first-order valence-electron chi connectivity index (χ1n) is 9.88. The third-order valence-corrected chi connectivity index (χ3v) is 5.70. The van der Waals surface area contributed by atoms with Gasteiger partial charge in [-0.3, -0.25) is 9.69 Å². The van der Waals surface area contributed by atoms with Gasteiger partial charge < -0.3 is 9.47 Å². The average Bonchev–Trinajstić information content (AvgIpc) is 2.76. The molecule has 2 atom stereocenters. The summed E-state index contributed by atoms with van der Waals surface area (Å²) < 4.78 is 25.0. The molecule has 2 bridgehead atoms. The topological polar surface area (TPSA) is 79.6 Å². The van der Waals surface area contributed by atoms with Crippen LogP contribution in [-0.4, -0.2) is 42.1 Å². The first kappa shape index (κ1) is 20.0. The van der Waals surface area contributed by atoms with E-state index in [0.29, 0.717) is 26.1 Å². The fraction of sp³-hybridized carbons (Fsp3) is 0.348. The van der Waals surface area contributed by atoms with E-state index in [4.69, 9.17) is 9.47 Å². The molecule has 0 spiro atoms. The lowest BCUT2D eigenvalue weighted by molar-refractivity contribution is -0.0755. The number of piperidine rings is 1. The molecule has 0 N–H and O–H groups in total. The van der Waals surface area contributed by atoms with Crippen molar-refractivity contribution >= 4 is 11.9 Å². The maximum atomic E-state index is 13.9. The quantitative estimate of drug-likeness (QED) is 0.721. The summed E-state index contributed by atoms with van der Waals surface area (Å²) >= 11 is 0. The number of nitriles is 1. The van der Waals surface area contributed by atoms with Gasteiger partial charge in [0.15, 0.2) is 5.78 Å². The number of Topliss-reactive ketones (excluding diaryl/α,β-unsaturated/α-hetero) is 1. The summed E-state index contributed by atoms with van der Waals surface area (Å²) in [4.78, 5) is 27.5. The van der Waals surface area contributed by atoms with E-state index in [9.17, 15) is 19.2 Å². The molecule has 7 heteroatoms. The Labute approximate surface area is 173 Å². The lowest BCUT2D eigenvalue weighted by Gasteiger charge is -2.47. The second-order valence-corrected chi connectivity index (χ2v) is 7.60. The number of fused-ring (bicyclic) bond motifs is 2. The van der Waals surface area contributed by atoms with Crippen LogP contribution in [0.2, 0.25) is 0 Å². The van der Waals surface area contributed by atoms with Crippen LogP contribution in [0.5, 0.6) is 0 Å². The Balaban J connectivity index is 1.47. The maximum absolute atomic E-state index is 13.9. The summed E-state index contributed by atoms with van der Waals surface area (Å²) in [5.74, 6) is -1.37. The minimum absolute atomic E-state index is 0.0987. The molecular weight excluding hydrogens is 387 g/mol. The Morgan fingerprint density at radius 2 is 1.80 bits per heavy atom. The van der Waals surface area contributed by atoms with Crippen molar-refractivity contribution in [3.8, 4) is 6.07 Å². The number of rotatable bonds is 4. The molecule has 30 heavy (non-hydrogen) atoms. The number of hydrogen-bond donors (Lipinski definition) is 0. The summed E-state index contributed by atoms with van der Waals surface area (Å²) in [6.45, 7) is 0.803. The van der Waals surface area contributed by atoms with Crippen LogP contribution in [0.15, 0.2) is 48.5 Å². The van der Waals surface area contributed by atoms with Gasteiger partial charge >= 0.3 is 6.09 Å². The van der Waals surface area contributed by atoms with E-state index in [1.807, 2.05) is 30.3 Å². The van der Waals surface area contributed by atoms with Crippen molar-refractivity contribution in [1.82, 2.24) is 4.90 Å². The summed E-state index contributed by atoms with van der Waals surface area (Å²) in [5, 5.41) is 9.24. The molecule has 2 unspecified atom stereocenters. The number of halogens is 1. The standard InChI is InChI=1S/C23H21FN2O4/c24-21-8-4-7-19(20(21)11-25)22(27)16-9-17-13-29-14-18(10-16)26(17)23(28)30-12-15-5-2-1-3-6-15/h1-8,16-18H,9-10,12-14H2. The van der Waals surface area contributed by atoms with Crippen LogP contribution in [0.3, 0.4) is 0 Å². The van der Waals surface area contributed by atoms with Gasteiger partial charge in [-0.25, -0.2) is 9.18 Å². The number of ketones is 1. The SMILES string of the molecule is N#Cc1c(F)cccc1C(=O)C1CC2COCC(C1)N2C(=O)OCc1ccccc1. The zero-order chi connectivity index (χ0) is 21.1. The lowest BCUT2D eigenvalue weighted by atomic mass is 9.80. The second kappa shape index (κ2) is 8.64. The molecule has 0 radical (unpaired) electrons. The van der Waals surface area contributed by atoms with E-state index in [1.54, 1.807) is 11.0 Å². The van der Waals surface area contributed by atoms with Crippen LogP contribution >= 0.6 is 0 Å². The number of ether oxygens (including phenoxy) is 2. The third-order valence-electron chi connectivity index (χ3n) is 5.70. The number of carbonyl (C=O) groups is 2. The number of morpholine rings is 1. The van der Waals surface area contributed by atoms with Crippen molar-refractivity contribution in [2.24, 2.45) is 5.92 Å². The van der Waals surface area contributed by atoms with Crippen LogP contribution < -0.4 is 0 Å². The molecular formula is C23H21FN2O4. The van der Waals surface area contributed by atoms with Crippen LogP contribution in [0.1, 0.15) is 34.3 Å². The van der Waals surface area contributed by atoms with E-state index in [-0.39, 0.29) is 35.6 Å². The Bertz CT molecular complexity index is 974. The number of nitrogens with zero attached hydrogens (tertiary/aromatic N) is 2. The molecule has 2 aliphatic rings. The van der Waals surface area contributed by atoms with Crippen LogP contribution in [0, 0.1) is 23.1 Å². The van der Waals surface area contributed by atoms with Crippen LogP contribution in [0.4, 0.5) is 9.18 Å². The van der Waals surface area contributed by atoms with Gasteiger partial charge in [-0.15, -0.1) is 0 Å². The smallest absolute Gasteiger partial charge is 0.410 e. The highest BCUT2D eigenvalue weighted by Crippen LogP contribution is 2.34. The molecule has 2 fully saturated rings. The van der Waals surface area contributed by atoms with Crippen molar-refractivity contribution in [2.45, 2.75) is 31.5 Å². The zero-order valence-corrected chi connectivity index (χ0v) is 16.3. The molecule has 2 aromatic rings. The number of carbonyl (C=O) groups excluding carboxylic acids is 2. The van der Waals surface area contributed by atoms with Gasteiger partial charge in [0.05, 0.1) is 30.9 Å². The second-order valence-electron chi connectivity index (χ2n) is 7.60. The highest BCUT2D eigenvalue weighted by atomic mass is 19.1. The fourth-order valence-electron chi connectivity index (χ4n) is 4.28. The molecule has 4 rings (SSSR count). The summed E-state index contributed by atoms with van der Waals surface area (Å²) in [6.07, 6.45) is 0.348. The minimum atomic E-state index is -0.700. The van der Waals surface area contributed by atoms with E-state index < -0.39 is 17.8 Å². The van der Waals surface area contributed by atoms with Gasteiger partial charge in [0.1, 0.15) is 18.5 Å². The van der Waals surface area contributed by atoms with Crippen molar-refractivity contribution < 1.29 is 23.5 Å². The Morgan fingerprint density at radius 3 is 2.47 bits per heavy atom. The predicted molar refractivity (Wildman–Crippen MR) is 105 cm³/mol. The lowest BCUT2D eigenvalue weighted by Crippen LogP contribution is -2.60. The van der Waals surface area contributed by atoms with Gasteiger partial charge in [0.25, 0.3) is 0 Å². The molecule has 1 amide bonds. The summed E-state index contributed by atoms with van der Waals surface area (Å²) in [7, 11) is 0. The molecule has 0 aliphatic carbocycles. The van der Waals surface area contributed by atoms with Crippen molar-refractivity contribution in [3.63, 3.8) is 0 Å². The van der Waals surface area contributed by atoms with Crippen molar-refractivity contribution in [2.75, 3.05) is 13.2 Å². The monoisotopic (exact) mass is 408 g/mol. The number of hydrogen-bond acceptors (Lipinski definition) is 5. The molecule has 2 heterocycles. The average molecular weight is 408 g/mol. The fourth-order valence-corrected chi connectivity index (χ4v) is 4.28. The summed E-state index contributed by atoms with van der Waals surface area (Å²) in [6, 6.07) is 14.7. The van der Waals surface area contributed by atoms with E-state index in [1.165, 1.54) is 18.2 Å². The highest BCUT2D eigenvalue weighted by molar-refractivity contribution is 6.00. The normalized spacial score (nSPS) is 22.8. The minimum Gasteiger partial charge on any atom is -0.445 e. The van der Waals surface area contributed by atoms with E-state index >= 15 is 0 Å². The van der Waals surface area contributed by atoms with Crippen LogP contribution in [0.25, 0.3) is 0 Å². The Morgan fingerprint density at radius 1 is 1.10 bits per heavy atom. The predicted octanol–water partition coefficient (Wildman–Crippen LogP) is 3.70. The first-order chi connectivity index (χ1) is 14.6. The molecule has 6 nitrogen and oxygen atoms in total. The van der Waals surface area contributed by atoms with E-state index in [2.05, 4.69) is 0 Å². The number of benzene rings is 2. The third kappa shape index (κ3) is 3.91. The van der Waals surface area contributed by atoms with Gasteiger partial charge in [-0.05, 0) is 30.5 Å². The van der Waals surface area contributed by atoms with Gasteiger partial charge in [0.2, 0.25) is 0 Å². The molecule has 2 aromatic carbocycles. The highest BCUT2D eigenvalue weighted by Gasteiger charge is 2.44. The number of amides is 1. The Hall–Kier alpha value is -3.24. The Kier molecular flexibility index (Phi) is 5.77. The molecule has 2 aliphatic heterocycles.